The van der Waals surface area contributed by atoms with Crippen molar-refractivity contribution in [3.05, 3.63) is 208 Å². The number of fused-ring (bicyclic) bond motifs is 7. The molecule has 68 heavy (non-hydrogen) atoms. The summed E-state index contributed by atoms with van der Waals surface area (Å²) in [5, 5.41) is 14.5. The maximum absolute atomic E-state index is 9.75. The van der Waals surface area contributed by atoms with Gasteiger partial charge in [0.2, 0.25) is 0 Å². The molecule has 1 aliphatic rings. The second-order valence-electron chi connectivity index (χ2n) is 15.8. The average Bonchev–Trinajstić information content (AvgIpc) is 3.52. The van der Waals surface area contributed by atoms with Crippen LogP contribution in [0.4, 0.5) is 17.3 Å². The molecule has 8 aromatic carbocycles. The molecule has 10 rings (SSSR count). The molecule has 5 radical (unpaired) electrons. The smallest absolute Gasteiger partial charge is 0.418 e. The van der Waals surface area contributed by atoms with Gasteiger partial charge >= 0.3 is 15.4 Å². The number of rotatable bonds is 9. The Morgan fingerprint density at radius 2 is 0.735 bits per heavy atom. The topological polar surface area (TPSA) is 29.5 Å². The van der Waals surface area contributed by atoms with Crippen LogP contribution in [-0.2, 0) is 19.5 Å². The van der Waals surface area contributed by atoms with E-state index in [0.29, 0.717) is 0 Å². The zero-order valence-corrected chi connectivity index (χ0v) is 42.2. The number of benzene rings is 8. The van der Waals surface area contributed by atoms with E-state index in [2.05, 4.69) is 226 Å². The predicted molar refractivity (Wildman–Crippen MR) is 284 cm³/mol. The molecule has 0 spiro atoms. The molecule has 3 nitrogen and oxygen atoms in total. The fourth-order valence-electron chi connectivity index (χ4n) is 8.40. The van der Waals surface area contributed by atoms with E-state index in [1.54, 1.807) is 0 Å². The minimum Gasteiger partial charge on any atom is -0.418 e. The van der Waals surface area contributed by atoms with Crippen molar-refractivity contribution in [3.63, 3.8) is 0 Å². The fourth-order valence-corrected chi connectivity index (χ4v) is 14.8. The maximum Gasteiger partial charge on any atom is 0.673 e. The molecule has 0 saturated heterocycles. The van der Waals surface area contributed by atoms with Crippen LogP contribution in [0, 0.1) is 25.7 Å². The van der Waals surface area contributed by atoms with Crippen molar-refractivity contribution >= 4 is 107 Å². The third-order valence-electron chi connectivity index (χ3n) is 11.4. The zero-order chi connectivity index (χ0) is 46.6. The van der Waals surface area contributed by atoms with Gasteiger partial charge in [0.05, 0.1) is 0 Å². The summed E-state index contributed by atoms with van der Waals surface area (Å²) < 4.78 is 56.4. The third kappa shape index (κ3) is 12.6. The van der Waals surface area contributed by atoms with Crippen LogP contribution in [-0.4, -0.2) is 20.3 Å². The normalized spacial score (nSPS) is 13.1. The molecule has 1 aromatic heterocycles. The molecule has 1 saturated carbocycles. The molecule has 0 bridgehead atoms. The SMILES string of the molecule is CCN(CC)p1oc2c(P(c3ccccc3)c3ccccc3)cc3ccccc3c2c2c(o1)c(P(c1ccccc1)c1ccccc1)cc1ccccc12.F[B-](F)(F)F.[CH]1[CH]CC[CH][CH]CC1.[Rh]. The second kappa shape index (κ2) is 24.8. The van der Waals surface area contributed by atoms with Gasteiger partial charge in [-0.05, 0) is 122 Å². The van der Waals surface area contributed by atoms with E-state index >= 15 is 0 Å². The van der Waals surface area contributed by atoms with E-state index in [1.165, 1.54) is 79.1 Å². The molecule has 0 N–H and O–H groups in total. The molecule has 349 valence electrons. The summed E-state index contributed by atoms with van der Waals surface area (Å²) in [5.74, 6) is 0. The fraction of sp³-hybridized carbons (Fsp3) is 0.143. The number of halogens is 4. The zero-order valence-electron chi connectivity index (χ0n) is 37.9. The molecule has 0 atom stereocenters. The first-order valence-electron chi connectivity index (χ1n) is 22.7. The standard InChI is InChI=1S/C48H40NO2P3.C8H12.BF4.Rh/c1-3-49(4-2)54-50-47-43(52(37-23-9-5-10-24-37)38-25-11-6-12-26-38)33-35-21-17-19-31-41(35)45(47)46-42-32-20-18-22-36(42)34-44(48(46)51-54)53(39-27-13-7-14-28-39)40-29-15-8-16-30-40;1-2-4-6-8-7-5-3-1;2-1(3,4)5;/h5-34H,3-4H2,1-2H3;1-2,7-8H,3-6H2;;/q;;-1;. The van der Waals surface area contributed by atoms with Gasteiger partial charge in [0.15, 0.2) is 11.2 Å². The van der Waals surface area contributed by atoms with Crippen LogP contribution in [0.25, 0.3) is 43.5 Å². The number of nitrogens with zero attached hydrogens (tertiary/aromatic N) is 1. The molecule has 1 aliphatic carbocycles. The van der Waals surface area contributed by atoms with Gasteiger partial charge in [0.25, 0.3) is 0 Å². The van der Waals surface area contributed by atoms with Gasteiger partial charge in [-0.2, -0.15) is 0 Å². The second-order valence-corrected chi connectivity index (χ2v) is 21.6. The first kappa shape index (κ1) is 51.3. The van der Waals surface area contributed by atoms with Crippen molar-refractivity contribution in [2.24, 2.45) is 0 Å². The first-order chi connectivity index (χ1) is 32.7. The summed E-state index contributed by atoms with van der Waals surface area (Å²) in [4.78, 5) is 0. The van der Waals surface area contributed by atoms with E-state index in [0.717, 1.165) is 35.0 Å². The maximum atomic E-state index is 9.75. The van der Waals surface area contributed by atoms with Gasteiger partial charge in [-0.25, -0.2) is 4.67 Å². The summed E-state index contributed by atoms with van der Waals surface area (Å²) in [6.45, 7) is 6.01. The average molecular weight is 1050 g/mol. The van der Waals surface area contributed by atoms with Crippen LogP contribution in [0.1, 0.15) is 39.5 Å². The molecule has 9 aromatic rings. The molecule has 1 fully saturated rings. The van der Waals surface area contributed by atoms with Gasteiger partial charge in [0.1, 0.15) is 0 Å². The van der Waals surface area contributed by atoms with Gasteiger partial charge in [0, 0.05) is 53.9 Å². The largest absolute Gasteiger partial charge is 0.673 e. The molecule has 0 aliphatic heterocycles. The predicted octanol–water partition coefficient (Wildman–Crippen LogP) is 14.8. The minimum absolute atomic E-state index is 0. The van der Waals surface area contributed by atoms with Crippen LogP contribution >= 0.6 is 24.0 Å². The van der Waals surface area contributed by atoms with E-state index in [1.807, 2.05) is 0 Å². The van der Waals surface area contributed by atoms with Gasteiger partial charge in [-0.3, -0.25) is 0 Å². The summed E-state index contributed by atoms with van der Waals surface area (Å²) >= 11 is 0. The van der Waals surface area contributed by atoms with Crippen molar-refractivity contribution in [1.29, 1.82) is 0 Å². The Balaban J connectivity index is 0.000000428. The number of hydrogen-bond donors (Lipinski definition) is 0. The van der Waals surface area contributed by atoms with Crippen LogP contribution in [0.3, 0.4) is 0 Å². The van der Waals surface area contributed by atoms with E-state index in [-0.39, 0.29) is 19.5 Å². The molecular formula is C56H52BF4NO2P3Rh-. The van der Waals surface area contributed by atoms with Crippen molar-refractivity contribution in [2.75, 3.05) is 17.8 Å². The molecule has 0 unspecified atom stereocenters. The van der Waals surface area contributed by atoms with Gasteiger partial charge in [-0.1, -0.05) is 184 Å². The Bertz CT molecular complexity index is 2740. The molecule has 1 heterocycles. The Hall–Kier alpha value is -4.59. The third-order valence-corrected chi connectivity index (χ3v) is 18.0. The molecular weight excluding hydrogens is 1000 g/mol. The minimum atomic E-state index is -6.00. The van der Waals surface area contributed by atoms with E-state index in [4.69, 9.17) is 8.39 Å². The van der Waals surface area contributed by atoms with Crippen molar-refractivity contribution in [1.82, 2.24) is 0 Å². The van der Waals surface area contributed by atoms with Crippen molar-refractivity contribution in [3.8, 4) is 0 Å². The summed E-state index contributed by atoms with van der Waals surface area (Å²) in [6.07, 6.45) is 14.0. The van der Waals surface area contributed by atoms with Crippen LogP contribution in [0.2, 0.25) is 0 Å². The number of hydrogen-bond acceptors (Lipinski definition) is 3. The van der Waals surface area contributed by atoms with Crippen molar-refractivity contribution < 1.29 is 45.1 Å². The summed E-state index contributed by atoms with van der Waals surface area (Å²) in [7, 11) is -9.55. The molecule has 12 heteroatoms. The Labute approximate surface area is 414 Å². The first-order valence-corrected chi connectivity index (χ1v) is 26.5. The van der Waals surface area contributed by atoms with Gasteiger partial charge in [-0.15, -0.1) is 0 Å². The van der Waals surface area contributed by atoms with Crippen molar-refractivity contribution in [2.45, 2.75) is 39.5 Å². The summed E-state index contributed by atoms with van der Waals surface area (Å²) in [5.41, 5.74) is 1.85. The van der Waals surface area contributed by atoms with Crippen LogP contribution in [0.15, 0.2) is 190 Å². The van der Waals surface area contributed by atoms with Crippen LogP contribution < -0.4 is 36.5 Å². The summed E-state index contributed by atoms with van der Waals surface area (Å²) in [6, 6.07) is 66.3. The van der Waals surface area contributed by atoms with E-state index < -0.39 is 31.3 Å². The Morgan fingerprint density at radius 1 is 0.456 bits per heavy atom. The Kier molecular flexibility index (Phi) is 18.7. The quantitative estimate of drug-likeness (QED) is 0.0820. The van der Waals surface area contributed by atoms with E-state index in [9.17, 15) is 17.3 Å². The monoisotopic (exact) mass is 1050 g/mol. The van der Waals surface area contributed by atoms with Gasteiger partial charge < -0.3 is 25.7 Å². The Morgan fingerprint density at radius 3 is 1.03 bits per heavy atom. The molecule has 0 amide bonds. The van der Waals surface area contributed by atoms with Crippen LogP contribution in [0.5, 0.6) is 0 Å².